The Kier molecular flexibility index (Phi) is 5.27. The summed E-state index contributed by atoms with van der Waals surface area (Å²) in [5.74, 6) is 0.981. The van der Waals surface area contributed by atoms with Crippen molar-refractivity contribution in [3.05, 3.63) is 115 Å². The highest BCUT2D eigenvalue weighted by molar-refractivity contribution is 7.63. The van der Waals surface area contributed by atoms with E-state index in [4.69, 9.17) is 9.05 Å². The Labute approximate surface area is 164 Å². The van der Waals surface area contributed by atoms with Crippen LogP contribution in [0.25, 0.3) is 11.1 Å². The topological polar surface area (TPSA) is 35.5 Å². The fourth-order valence-corrected chi connectivity index (χ4v) is 4.73. The lowest BCUT2D eigenvalue weighted by Gasteiger charge is -2.22. The van der Waals surface area contributed by atoms with Crippen molar-refractivity contribution in [3.63, 3.8) is 0 Å². The molecular formula is C24H19O3P. The van der Waals surface area contributed by atoms with Crippen LogP contribution in [0.15, 0.2) is 115 Å². The summed E-state index contributed by atoms with van der Waals surface area (Å²) in [6.45, 7) is 0. The second kappa shape index (κ2) is 8.16. The van der Waals surface area contributed by atoms with E-state index in [1.807, 2.05) is 84.9 Å². The number of benzene rings is 4. The average molecular weight is 386 g/mol. The molecule has 0 amide bonds. The molecule has 0 atom stereocenters. The molecule has 0 aliphatic carbocycles. The summed E-state index contributed by atoms with van der Waals surface area (Å²) >= 11 is 0. The Morgan fingerprint density at radius 3 is 1.46 bits per heavy atom. The molecule has 138 valence electrons. The van der Waals surface area contributed by atoms with Crippen molar-refractivity contribution in [2.24, 2.45) is 0 Å². The van der Waals surface area contributed by atoms with Gasteiger partial charge >= 0.3 is 7.60 Å². The molecule has 0 aromatic heterocycles. The molecule has 0 bridgehead atoms. The third-order valence-corrected chi connectivity index (χ3v) is 6.10. The summed E-state index contributed by atoms with van der Waals surface area (Å²) in [4.78, 5) is 0. The van der Waals surface area contributed by atoms with Gasteiger partial charge in [0.15, 0.2) is 0 Å². The molecule has 0 unspecified atom stereocenters. The van der Waals surface area contributed by atoms with Crippen molar-refractivity contribution in [1.29, 1.82) is 0 Å². The molecule has 0 N–H and O–H groups in total. The fourth-order valence-electron chi connectivity index (χ4n) is 2.93. The molecule has 4 rings (SSSR count). The number of rotatable bonds is 6. The second-order valence-corrected chi connectivity index (χ2v) is 8.03. The largest absolute Gasteiger partial charge is 0.463 e. The van der Waals surface area contributed by atoms with E-state index < -0.39 is 7.60 Å². The lowest BCUT2D eigenvalue weighted by molar-refractivity contribution is 0.399. The van der Waals surface area contributed by atoms with Gasteiger partial charge in [-0.05, 0) is 41.5 Å². The Morgan fingerprint density at radius 2 is 0.929 bits per heavy atom. The van der Waals surface area contributed by atoms with Crippen molar-refractivity contribution >= 4 is 12.9 Å². The SMILES string of the molecule is O=P(Oc1ccccc1)(Oc1ccccc1)c1ccccc1-c1ccccc1. The van der Waals surface area contributed by atoms with Crippen LogP contribution in [-0.4, -0.2) is 0 Å². The van der Waals surface area contributed by atoms with Gasteiger partial charge in [0.05, 0.1) is 5.30 Å². The monoisotopic (exact) mass is 386 g/mol. The molecule has 0 heterocycles. The molecule has 28 heavy (non-hydrogen) atoms. The van der Waals surface area contributed by atoms with Gasteiger partial charge in [0, 0.05) is 0 Å². The van der Waals surface area contributed by atoms with Crippen LogP contribution in [0.3, 0.4) is 0 Å². The molecule has 0 spiro atoms. The van der Waals surface area contributed by atoms with Crippen LogP contribution in [0.2, 0.25) is 0 Å². The van der Waals surface area contributed by atoms with E-state index >= 15 is 0 Å². The molecule has 0 aliphatic heterocycles. The summed E-state index contributed by atoms with van der Waals surface area (Å²) in [5.41, 5.74) is 1.77. The van der Waals surface area contributed by atoms with Gasteiger partial charge in [-0.3, -0.25) is 0 Å². The third kappa shape index (κ3) is 4.00. The predicted molar refractivity (Wildman–Crippen MR) is 113 cm³/mol. The highest BCUT2D eigenvalue weighted by atomic mass is 31.2. The smallest absolute Gasteiger partial charge is 0.413 e. The molecule has 0 radical (unpaired) electrons. The molecular weight excluding hydrogens is 367 g/mol. The first-order chi connectivity index (χ1) is 13.7. The van der Waals surface area contributed by atoms with E-state index in [0.717, 1.165) is 11.1 Å². The van der Waals surface area contributed by atoms with Crippen LogP contribution in [0.4, 0.5) is 0 Å². The van der Waals surface area contributed by atoms with Crippen molar-refractivity contribution in [3.8, 4) is 22.6 Å². The van der Waals surface area contributed by atoms with Crippen molar-refractivity contribution in [1.82, 2.24) is 0 Å². The van der Waals surface area contributed by atoms with Gasteiger partial charge < -0.3 is 9.05 Å². The predicted octanol–water partition coefficient (Wildman–Crippen LogP) is 6.33. The van der Waals surface area contributed by atoms with Gasteiger partial charge in [0.25, 0.3) is 0 Å². The van der Waals surface area contributed by atoms with E-state index in [0.29, 0.717) is 16.8 Å². The number of para-hydroxylation sites is 2. The Balaban J connectivity index is 1.83. The maximum absolute atomic E-state index is 14.1. The van der Waals surface area contributed by atoms with Gasteiger partial charge in [-0.25, -0.2) is 4.57 Å². The first kappa shape index (κ1) is 18.1. The minimum absolute atomic E-state index is 0.490. The standard InChI is InChI=1S/C24H19O3P/c25-28(26-21-14-6-2-7-15-21,27-22-16-8-3-9-17-22)24-19-11-10-18-23(24)20-12-4-1-5-13-20/h1-19H. The third-order valence-electron chi connectivity index (χ3n) is 4.22. The van der Waals surface area contributed by atoms with E-state index in [2.05, 4.69) is 0 Å². The normalized spacial score (nSPS) is 11.0. The van der Waals surface area contributed by atoms with Gasteiger partial charge in [-0.1, -0.05) is 84.9 Å². The van der Waals surface area contributed by atoms with E-state index in [1.165, 1.54) is 0 Å². The Bertz CT molecular complexity index is 1030. The Hall–Kier alpha value is -3.29. The highest BCUT2D eigenvalue weighted by Crippen LogP contribution is 2.49. The zero-order valence-corrected chi connectivity index (χ0v) is 16.0. The summed E-state index contributed by atoms with van der Waals surface area (Å²) in [5, 5.41) is 0.522. The van der Waals surface area contributed by atoms with Crippen molar-refractivity contribution in [2.45, 2.75) is 0 Å². The van der Waals surface area contributed by atoms with Gasteiger partial charge in [0.2, 0.25) is 0 Å². The summed E-state index contributed by atoms with van der Waals surface area (Å²) in [6, 6.07) is 35.5. The Morgan fingerprint density at radius 1 is 0.500 bits per heavy atom. The maximum Gasteiger partial charge on any atom is 0.463 e. The minimum atomic E-state index is -3.72. The molecule has 4 aromatic rings. The first-order valence-electron chi connectivity index (χ1n) is 8.99. The van der Waals surface area contributed by atoms with Crippen LogP contribution in [0.5, 0.6) is 11.5 Å². The van der Waals surface area contributed by atoms with Crippen LogP contribution in [0, 0.1) is 0 Å². The van der Waals surface area contributed by atoms with Crippen molar-refractivity contribution < 1.29 is 13.6 Å². The first-order valence-corrected chi connectivity index (χ1v) is 10.5. The minimum Gasteiger partial charge on any atom is -0.413 e. The molecule has 4 aromatic carbocycles. The van der Waals surface area contributed by atoms with Crippen LogP contribution in [0.1, 0.15) is 0 Å². The van der Waals surface area contributed by atoms with Gasteiger partial charge in [-0.15, -0.1) is 0 Å². The molecule has 0 fully saturated rings. The highest BCUT2D eigenvalue weighted by Gasteiger charge is 2.34. The number of hydrogen-bond acceptors (Lipinski definition) is 3. The van der Waals surface area contributed by atoms with Gasteiger partial charge in [0.1, 0.15) is 11.5 Å². The molecule has 3 nitrogen and oxygen atoms in total. The van der Waals surface area contributed by atoms with E-state index in [-0.39, 0.29) is 0 Å². The van der Waals surface area contributed by atoms with Crippen LogP contribution in [-0.2, 0) is 4.57 Å². The van der Waals surface area contributed by atoms with E-state index in [9.17, 15) is 4.57 Å². The summed E-state index contributed by atoms with van der Waals surface area (Å²) < 4.78 is 26.1. The zero-order chi connectivity index (χ0) is 19.2. The lowest BCUT2D eigenvalue weighted by Crippen LogP contribution is -2.17. The average Bonchev–Trinajstić information content (AvgIpc) is 2.76. The molecule has 0 saturated heterocycles. The van der Waals surface area contributed by atoms with Crippen LogP contribution < -0.4 is 14.4 Å². The van der Waals surface area contributed by atoms with Gasteiger partial charge in [-0.2, -0.15) is 0 Å². The van der Waals surface area contributed by atoms with Crippen molar-refractivity contribution in [2.75, 3.05) is 0 Å². The molecule has 0 aliphatic rings. The fraction of sp³-hybridized carbons (Fsp3) is 0. The number of hydrogen-bond donors (Lipinski definition) is 0. The molecule has 0 saturated carbocycles. The quantitative estimate of drug-likeness (QED) is 0.363. The molecule has 4 heteroatoms. The summed E-state index contributed by atoms with van der Waals surface area (Å²) in [6.07, 6.45) is 0. The lowest BCUT2D eigenvalue weighted by atomic mass is 10.1. The second-order valence-electron chi connectivity index (χ2n) is 6.19. The zero-order valence-electron chi connectivity index (χ0n) is 15.1. The van der Waals surface area contributed by atoms with Crippen LogP contribution >= 0.6 is 7.60 Å². The summed E-state index contributed by atoms with van der Waals surface area (Å²) in [7, 11) is -3.72. The van der Waals surface area contributed by atoms with E-state index in [1.54, 1.807) is 30.3 Å². The maximum atomic E-state index is 14.1.